The van der Waals surface area contributed by atoms with Crippen LogP contribution in [0.3, 0.4) is 0 Å². The number of carbonyl (C=O) groups is 1. The molecule has 1 aliphatic rings. The first kappa shape index (κ1) is 25.9. The van der Waals surface area contributed by atoms with Gasteiger partial charge in [-0.25, -0.2) is 4.68 Å². The predicted molar refractivity (Wildman–Crippen MR) is 138 cm³/mol. The zero-order valence-corrected chi connectivity index (χ0v) is 22.2. The van der Waals surface area contributed by atoms with E-state index in [1.54, 1.807) is 6.07 Å². The van der Waals surface area contributed by atoms with Crippen molar-refractivity contribution < 1.29 is 20.4 Å². The molecule has 1 saturated heterocycles. The molecule has 1 aromatic carbocycles. The Bertz CT molecular complexity index is 1320. The maximum atomic E-state index is 13.3. The van der Waals surface area contributed by atoms with Crippen molar-refractivity contribution in [2.45, 2.75) is 66.3 Å². The molecule has 1 aliphatic heterocycles. The van der Waals surface area contributed by atoms with E-state index < -0.39 is 0 Å². The van der Waals surface area contributed by atoms with Gasteiger partial charge in [-0.05, 0) is 48.9 Å². The fourth-order valence-electron chi connectivity index (χ4n) is 4.04. The molecule has 2 aromatic heterocycles. The zero-order valence-electron chi connectivity index (χ0n) is 22.2. The van der Waals surface area contributed by atoms with Crippen LogP contribution in [-0.4, -0.2) is 51.6 Å². The fourth-order valence-corrected chi connectivity index (χ4v) is 4.04. The zero-order chi connectivity index (χ0) is 26.1. The number of hydrogen-bond donors (Lipinski definition) is 1. The van der Waals surface area contributed by atoms with Crippen LogP contribution < -0.4 is 15.1 Å². The van der Waals surface area contributed by atoms with Gasteiger partial charge in [-0.1, -0.05) is 34.6 Å². The first-order chi connectivity index (χ1) is 17.0. The van der Waals surface area contributed by atoms with Crippen molar-refractivity contribution in [3.05, 3.63) is 46.6 Å². The van der Waals surface area contributed by atoms with Crippen LogP contribution in [0.5, 0.6) is 11.6 Å². The van der Waals surface area contributed by atoms with Gasteiger partial charge >= 0.3 is 0 Å². The van der Waals surface area contributed by atoms with Crippen molar-refractivity contribution in [3.8, 4) is 11.6 Å². The van der Waals surface area contributed by atoms with Crippen molar-refractivity contribution in [1.82, 2.24) is 19.4 Å². The van der Waals surface area contributed by atoms with Crippen molar-refractivity contribution in [3.63, 3.8) is 0 Å². The Kier molecular flexibility index (Phi) is 7.22. The van der Waals surface area contributed by atoms with Crippen molar-refractivity contribution in [1.29, 1.82) is 5.41 Å². The molecular weight excluding hydrogens is 458 g/mol. The van der Waals surface area contributed by atoms with Crippen LogP contribution in [0.4, 0.5) is 0 Å². The Morgan fingerprint density at radius 3 is 2.53 bits per heavy atom. The SMILES string of the molecule is CCCOc1cc(C(=O)Cn2nc3c(C)cc(OCC4(CC)COC4)nn3c2=N)cc(C(C)(C)C)c1.[HH]. The Balaban J connectivity index is 0.00000380. The summed E-state index contributed by atoms with van der Waals surface area (Å²) in [7, 11) is 0. The minimum absolute atomic E-state index is 0. The number of rotatable bonds is 10. The number of Topliss-reactive ketones (excluding diaryl/α,β-unsaturated/α-hetero) is 1. The predicted octanol–water partition coefficient (Wildman–Crippen LogP) is 4.34. The lowest BCUT2D eigenvalue weighted by Gasteiger charge is -2.40. The second-order valence-corrected chi connectivity index (χ2v) is 10.8. The number of nitrogens with one attached hydrogen (secondary N) is 1. The van der Waals surface area contributed by atoms with Crippen LogP contribution >= 0.6 is 0 Å². The fraction of sp³-hybridized carbons (Fsp3) is 0.556. The largest absolute Gasteiger partial charge is 0.494 e. The molecule has 1 fully saturated rings. The molecule has 4 rings (SSSR count). The molecule has 36 heavy (non-hydrogen) atoms. The van der Waals surface area contributed by atoms with Gasteiger partial charge in [0.15, 0.2) is 11.4 Å². The van der Waals surface area contributed by atoms with E-state index in [4.69, 9.17) is 19.6 Å². The molecule has 9 nitrogen and oxygen atoms in total. The summed E-state index contributed by atoms with van der Waals surface area (Å²) in [6.07, 6.45) is 1.85. The maximum Gasteiger partial charge on any atom is 0.242 e. The lowest BCUT2D eigenvalue weighted by atomic mass is 9.84. The van der Waals surface area contributed by atoms with Crippen LogP contribution in [0.25, 0.3) is 5.65 Å². The third kappa shape index (κ3) is 5.31. The minimum atomic E-state index is -0.145. The second-order valence-electron chi connectivity index (χ2n) is 10.8. The average Bonchev–Trinajstić information content (AvgIpc) is 3.12. The Morgan fingerprint density at radius 1 is 1.17 bits per heavy atom. The molecule has 0 aliphatic carbocycles. The molecule has 0 radical (unpaired) electrons. The number of ketones is 1. The maximum absolute atomic E-state index is 13.3. The number of aryl methyl sites for hydroxylation is 1. The van der Waals surface area contributed by atoms with Crippen molar-refractivity contribution in [2.75, 3.05) is 26.4 Å². The first-order valence-corrected chi connectivity index (χ1v) is 12.6. The highest BCUT2D eigenvalue weighted by Gasteiger charge is 2.38. The van der Waals surface area contributed by atoms with E-state index in [2.05, 4.69) is 37.9 Å². The molecule has 0 spiro atoms. The third-order valence-corrected chi connectivity index (χ3v) is 6.71. The van der Waals surface area contributed by atoms with Gasteiger partial charge in [0.05, 0.1) is 25.2 Å². The lowest BCUT2D eigenvalue weighted by Crippen LogP contribution is -2.46. The smallest absolute Gasteiger partial charge is 0.242 e. The average molecular weight is 498 g/mol. The summed E-state index contributed by atoms with van der Waals surface area (Å²) in [6.45, 7) is 14.8. The van der Waals surface area contributed by atoms with Gasteiger partial charge in [0, 0.05) is 18.6 Å². The number of aromatic nitrogens is 4. The van der Waals surface area contributed by atoms with Gasteiger partial charge in [0.2, 0.25) is 11.5 Å². The Morgan fingerprint density at radius 2 is 1.92 bits per heavy atom. The number of carbonyl (C=O) groups excluding carboxylic acids is 1. The van der Waals surface area contributed by atoms with Crippen molar-refractivity contribution >= 4 is 11.4 Å². The van der Waals surface area contributed by atoms with Crippen LogP contribution in [-0.2, 0) is 16.7 Å². The first-order valence-electron chi connectivity index (χ1n) is 12.6. The molecule has 0 saturated carbocycles. The molecule has 0 atom stereocenters. The van der Waals surface area contributed by atoms with E-state index in [-0.39, 0.29) is 30.2 Å². The summed E-state index contributed by atoms with van der Waals surface area (Å²) in [6, 6.07) is 7.50. The number of fused-ring (bicyclic) bond motifs is 1. The van der Waals surface area contributed by atoms with E-state index >= 15 is 0 Å². The second kappa shape index (κ2) is 10.0. The molecular formula is C27H39N5O4. The van der Waals surface area contributed by atoms with Gasteiger partial charge in [-0.3, -0.25) is 10.2 Å². The molecule has 196 valence electrons. The van der Waals surface area contributed by atoms with E-state index in [1.165, 1.54) is 9.20 Å². The van der Waals surface area contributed by atoms with E-state index in [9.17, 15) is 4.79 Å². The highest BCUT2D eigenvalue weighted by atomic mass is 16.5. The molecule has 3 aromatic rings. The van der Waals surface area contributed by atoms with Crippen LogP contribution in [0.15, 0.2) is 24.3 Å². The highest BCUT2D eigenvalue weighted by Crippen LogP contribution is 2.32. The van der Waals surface area contributed by atoms with Crippen LogP contribution in [0, 0.1) is 17.7 Å². The van der Waals surface area contributed by atoms with Gasteiger partial charge in [0.25, 0.3) is 0 Å². The Labute approximate surface area is 213 Å². The number of benzene rings is 1. The minimum Gasteiger partial charge on any atom is -0.494 e. The topological polar surface area (TPSA) is 104 Å². The molecule has 1 N–H and O–H groups in total. The van der Waals surface area contributed by atoms with Gasteiger partial charge < -0.3 is 14.2 Å². The van der Waals surface area contributed by atoms with Gasteiger partial charge in [-0.15, -0.1) is 10.2 Å². The van der Waals surface area contributed by atoms with Gasteiger partial charge in [-0.2, -0.15) is 4.52 Å². The lowest BCUT2D eigenvalue weighted by molar-refractivity contribution is -0.134. The summed E-state index contributed by atoms with van der Waals surface area (Å²) in [4.78, 5) is 13.3. The molecule has 0 bridgehead atoms. The molecule has 0 unspecified atom stereocenters. The third-order valence-electron chi connectivity index (χ3n) is 6.71. The van der Waals surface area contributed by atoms with Crippen LogP contribution in [0.2, 0.25) is 0 Å². The number of ether oxygens (including phenoxy) is 3. The number of nitrogens with zero attached hydrogens (tertiary/aromatic N) is 4. The molecule has 0 amide bonds. The van der Waals surface area contributed by atoms with Crippen LogP contribution in [0.1, 0.15) is 70.4 Å². The summed E-state index contributed by atoms with van der Waals surface area (Å²) >= 11 is 0. The van der Waals surface area contributed by atoms with Gasteiger partial charge in [0.1, 0.15) is 18.9 Å². The summed E-state index contributed by atoms with van der Waals surface area (Å²) in [5.41, 5.74) is 2.80. The monoisotopic (exact) mass is 497 g/mol. The van der Waals surface area contributed by atoms with E-state index in [0.717, 1.165) is 24.0 Å². The highest BCUT2D eigenvalue weighted by molar-refractivity contribution is 5.96. The Hall–Kier alpha value is -3.20. The quantitative estimate of drug-likeness (QED) is 0.418. The molecule has 9 heteroatoms. The number of hydrogen-bond acceptors (Lipinski definition) is 7. The van der Waals surface area contributed by atoms with E-state index in [1.807, 2.05) is 32.0 Å². The van der Waals surface area contributed by atoms with Crippen molar-refractivity contribution in [2.24, 2.45) is 5.41 Å². The normalized spacial score (nSPS) is 15.1. The standard InChI is InChI=1S/C27H37N5O4.H2/c1-7-9-35-21-12-19(11-20(13-21)26(4,5)6)22(33)14-31-25(28)32-24(30-31)18(3)10-23(29-32)36-17-27(8-2)15-34-16-27;/h10-13,28H,7-9,14-17H2,1-6H3;1H. The summed E-state index contributed by atoms with van der Waals surface area (Å²) in [5, 5.41) is 17.6. The molecule has 3 heterocycles. The van der Waals surface area contributed by atoms with E-state index in [0.29, 0.717) is 49.3 Å². The summed E-state index contributed by atoms with van der Waals surface area (Å²) in [5.74, 6) is 0.966. The summed E-state index contributed by atoms with van der Waals surface area (Å²) < 4.78 is 20.0.